The van der Waals surface area contributed by atoms with Crippen LogP contribution in [0.3, 0.4) is 0 Å². The molecular weight excluding hydrogens is 350 g/mol. The maximum atomic E-state index is 12.7. The van der Waals surface area contributed by atoms with Crippen LogP contribution in [-0.4, -0.2) is 36.0 Å². The Morgan fingerprint density at radius 1 is 1.00 bits per heavy atom. The lowest BCUT2D eigenvalue weighted by atomic mass is 10.2. The molecular formula is C22H23N5O. The molecule has 2 aromatic carbocycles. The van der Waals surface area contributed by atoms with Crippen LogP contribution in [-0.2, 0) is 0 Å². The number of rotatable bonds is 5. The molecule has 1 aliphatic heterocycles. The molecule has 0 saturated carbocycles. The molecule has 0 spiro atoms. The van der Waals surface area contributed by atoms with Gasteiger partial charge in [-0.2, -0.15) is 0 Å². The van der Waals surface area contributed by atoms with Crippen LogP contribution in [0.1, 0.15) is 23.3 Å². The van der Waals surface area contributed by atoms with Crippen molar-refractivity contribution in [1.82, 2.24) is 9.97 Å². The molecule has 0 bridgehead atoms. The van der Waals surface area contributed by atoms with Crippen LogP contribution in [0.25, 0.3) is 0 Å². The summed E-state index contributed by atoms with van der Waals surface area (Å²) < 4.78 is 0. The number of nitrogens with one attached hydrogen (secondary N) is 1. The fourth-order valence-electron chi connectivity index (χ4n) is 3.34. The quantitative estimate of drug-likeness (QED) is 0.730. The predicted molar refractivity (Wildman–Crippen MR) is 112 cm³/mol. The fraction of sp³-hybridized carbons (Fsp3) is 0.227. The van der Waals surface area contributed by atoms with Gasteiger partial charge >= 0.3 is 0 Å². The highest BCUT2D eigenvalue weighted by molar-refractivity contribution is 6.04. The van der Waals surface area contributed by atoms with Gasteiger partial charge in [-0.25, -0.2) is 9.97 Å². The lowest BCUT2D eigenvalue weighted by molar-refractivity contribution is 0.0988. The number of carbonyl (C=O) groups excluding carboxylic acids is 1. The van der Waals surface area contributed by atoms with Crippen LogP contribution in [0.2, 0.25) is 0 Å². The standard InChI is InChI=1S/C22H23N5O/c1-26(18-7-3-2-4-8-18)21(28)20-13-14-23-22(25-20)24-17-9-11-19(12-10-17)27-15-5-6-16-27/h2-4,7-14H,5-6,15-16H2,1H3,(H,23,24,25). The highest BCUT2D eigenvalue weighted by Crippen LogP contribution is 2.23. The number of nitrogens with zero attached hydrogens (tertiary/aromatic N) is 4. The Balaban J connectivity index is 1.47. The molecule has 2 heterocycles. The van der Waals surface area contributed by atoms with Gasteiger partial charge in [0.25, 0.3) is 5.91 Å². The fourth-order valence-corrected chi connectivity index (χ4v) is 3.34. The van der Waals surface area contributed by atoms with Crippen molar-refractivity contribution in [3.05, 3.63) is 72.6 Å². The Morgan fingerprint density at radius 3 is 2.43 bits per heavy atom. The van der Waals surface area contributed by atoms with E-state index in [2.05, 4.69) is 32.3 Å². The van der Waals surface area contributed by atoms with Gasteiger partial charge in [0, 0.05) is 43.4 Å². The number of anilines is 4. The second kappa shape index (κ2) is 8.08. The Morgan fingerprint density at radius 2 is 1.71 bits per heavy atom. The van der Waals surface area contributed by atoms with Crippen molar-refractivity contribution in [1.29, 1.82) is 0 Å². The Bertz CT molecular complexity index is 937. The highest BCUT2D eigenvalue weighted by atomic mass is 16.2. The average Bonchev–Trinajstić information content (AvgIpc) is 3.29. The average molecular weight is 373 g/mol. The Kier molecular flexibility index (Phi) is 5.19. The summed E-state index contributed by atoms with van der Waals surface area (Å²) >= 11 is 0. The summed E-state index contributed by atoms with van der Waals surface area (Å²) in [6, 6.07) is 19.4. The van der Waals surface area contributed by atoms with Gasteiger partial charge in [-0.1, -0.05) is 18.2 Å². The molecule has 3 aromatic rings. The van der Waals surface area contributed by atoms with E-state index in [0.29, 0.717) is 11.6 Å². The summed E-state index contributed by atoms with van der Waals surface area (Å²) in [6.07, 6.45) is 4.11. The molecule has 1 saturated heterocycles. The highest BCUT2D eigenvalue weighted by Gasteiger charge is 2.16. The molecule has 0 radical (unpaired) electrons. The summed E-state index contributed by atoms with van der Waals surface area (Å²) in [7, 11) is 1.74. The monoisotopic (exact) mass is 373 g/mol. The number of hydrogen-bond donors (Lipinski definition) is 1. The van der Waals surface area contributed by atoms with Gasteiger partial charge in [0.15, 0.2) is 0 Å². The van der Waals surface area contributed by atoms with Gasteiger partial charge in [0.05, 0.1) is 0 Å². The molecule has 0 aliphatic carbocycles. The van der Waals surface area contributed by atoms with Gasteiger partial charge in [-0.15, -0.1) is 0 Å². The minimum Gasteiger partial charge on any atom is -0.372 e. The first kappa shape index (κ1) is 18.0. The summed E-state index contributed by atoms with van der Waals surface area (Å²) in [5.41, 5.74) is 3.29. The lowest BCUT2D eigenvalue weighted by Gasteiger charge is -2.18. The third kappa shape index (κ3) is 3.96. The first-order chi connectivity index (χ1) is 13.7. The number of para-hydroxylation sites is 1. The molecule has 4 rings (SSSR count). The van der Waals surface area contributed by atoms with Gasteiger partial charge < -0.3 is 15.1 Å². The van der Waals surface area contributed by atoms with Crippen molar-refractivity contribution in [2.24, 2.45) is 0 Å². The van der Waals surface area contributed by atoms with Crippen molar-refractivity contribution in [3.63, 3.8) is 0 Å². The summed E-state index contributed by atoms with van der Waals surface area (Å²) in [6.45, 7) is 2.24. The zero-order chi connectivity index (χ0) is 19.3. The van der Waals surface area contributed by atoms with Crippen molar-refractivity contribution in [2.75, 3.05) is 35.3 Å². The smallest absolute Gasteiger partial charge is 0.276 e. The maximum absolute atomic E-state index is 12.7. The topological polar surface area (TPSA) is 61.4 Å². The molecule has 1 aromatic heterocycles. The molecule has 1 aliphatic rings. The maximum Gasteiger partial charge on any atom is 0.276 e. The first-order valence-corrected chi connectivity index (χ1v) is 9.49. The van der Waals surface area contributed by atoms with Gasteiger partial charge in [0.2, 0.25) is 5.95 Å². The lowest BCUT2D eigenvalue weighted by Crippen LogP contribution is -2.27. The van der Waals surface area contributed by atoms with Gasteiger partial charge in [-0.05, 0) is 55.3 Å². The van der Waals surface area contributed by atoms with E-state index < -0.39 is 0 Å². The molecule has 1 fully saturated rings. The number of carbonyl (C=O) groups is 1. The number of aromatic nitrogens is 2. The van der Waals surface area contributed by atoms with E-state index in [0.717, 1.165) is 24.5 Å². The van der Waals surface area contributed by atoms with Crippen LogP contribution in [0, 0.1) is 0 Å². The molecule has 28 heavy (non-hydrogen) atoms. The summed E-state index contributed by atoms with van der Waals surface area (Å²) in [5.74, 6) is 0.224. The van der Waals surface area contributed by atoms with E-state index in [4.69, 9.17) is 0 Å². The van der Waals surface area contributed by atoms with Crippen molar-refractivity contribution in [3.8, 4) is 0 Å². The van der Waals surface area contributed by atoms with Gasteiger partial charge in [0.1, 0.15) is 5.69 Å². The molecule has 0 unspecified atom stereocenters. The van der Waals surface area contributed by atoms with Crippen molar-refractivity contribution < 1.29 is 4.79 Å². The van der Waals surface area contributed by atoms with Crippen LogP contribution >= 0.6 is 0 Å². The zero-order valence-corrected chi connectivity index (χ0v) is 15.9. The molecule has 6 nitrogen and oxygen atoms in total. The van der Waals surface area contributed by atoms with Crippen LogP contribution < -0.4 is 15.1 Å². The molecule has 0 atom stereocenters. The van der Waals surface area contributed by atoms with Crippen LogP contribution in [0.4, 0.5) is 23.0 Å². The van der Waals surface area contributed by atoms with E-state index in [1.165, 1.54) is 18.5 Å². The van der Waals surface area contributed by atoms with E-state index in [9.17, 15) is 4.79 Å². The first-order valence-electron chi connectivity index (χ1n) is 9.49. The Hall–Kier alpha value is -3.41. The third-order valence-electron chi connectivity index (χ3n) is 4.92. The number of benzene rings is 2. The second-order valence-electron chi connectivity index (χ2n) is 6.83. The third-order valence-corrected chi connectivity index (χ3v) is 4.92. The van der Waals surface area contributed by atoms with Crippen LogP contribution in [0.15, 0.2) is 66.9 Å². The molecule has 142 valence electrons. The van der Waals surface area contributed by atoms with E-state index in [-0.39, 0.29) is 5.91 Å². The summed E-state index contributed by atoms with van der Waals surface area (Å²) in [4.78, 5) is 25.3. The summed E-state index contributed by atoms with van der Waals surface area (Å²) in [5, 5.41) is 3.18. The van der Waals surface area contributed by atoms with Gasteiger partial charge in [-0.3, -0.25) is 4.79 Å². The molecule has 1 N–H and O–H groups in total. The molecule has 6 heteroatoms. The number of hydrogen-bond acceptors (Lipinski definition) is 5. The van der Waals surface area contributed by atoms with E-state index in [1.54, 1.807) is 24.2 Å². The van der Waals surface area contributed by atoms with Crippen molar-refractivity contribution in [2.45, 2.75) is 12.8 Å². The largest absolute Gasteiger partial charge is 0.372 e. The van der Waals surface area contributed by atoms with Crippen LogP contribution in [0.5, 0.6) is 0 Å². The minimum absolute atomic E-state index is 0.180. The Labute approximate surface area is 164 Å². The van der Waals surface area contributed by atoms with Crippen molar-refractivity contribution >= 4 is 28.9 Å². The normalized spacial score (nSPS) is 13.4. The second-order valence-corrected chi connectivity index (χ2v) is 6.83. The van der Waals surface area contributed by atoms with E-state index in [1.807, 2.05) is 42.5 Å². The minimum atomic E-state index is -0.180. The predicted octanol–water partition coefficient (Wildman–Crippen LogP) is 4.10. The molecule has 1 amide bonds. The van der Waals surface area contributed by atoms with E-state index >= 15 is 0 Å². The number of amides is 1. The SMILES string of the molecule is CN(C(=O)c1ccnc(Nc2ccc(N3CCCC3)cc2)n1)c1ccccc1. The zero-order valence-electron chi connectivity index (χ0n) is 15.9.